The summed E-state index contributed by atoms with van der Waals surface area (Å²) in [6, 6.07) is 13.4. The lowest BCUT2D eigenvalue weighted by Crippen LogP contribution is -2.57. The molecule has 2 aromatic rings. The molecule has 3 amide bonds. The standard InChI is InChI=1S/C39H48BrN3O7/c1-7-9-19-29(45)41(6)26(5)33(27-17-11-10-12-18-27)49-38(48)30-31-36(46)43(21-14-22-44)35(39(31)23-28(40)34(30)50-39)37(47)42(20-8-2)32-24(3)15-13-16-25(32)4/h7-8,10-13,15-18,26,28,30-31,33-35,44H,1-2,9,14,19-23H2,3-6H3/t26-,28?,30-,31+,33+,34-,35-,39+/m1/s1. The van der Waals surface area contributed by atoms with Gasteiger partial charge in [-0.1, -0.05) is 76.6 Å². The Bertz CT molecular complexity index is 1600. The van der Waals surface area contributed by atoms with Crippen molar-refractivity contribution in [3.63, 3.8) is 0 Å². The molecule has 268 valence electrons. The maximum atomic E-state index is 14.9. The second-order valence-electron chi connectivity index (χ2n) is 13.6. The number of anilines is 1. The minimum absolute atomic E-state index is 0.114. The number of ether oxygens (including phenoxy) is 2. The molecule has 1 N–H and O–H groups in total. The average Bonchev–Trinajstić information content (AvgIpc) is 3.70. The number of amides is 3. The molecule has 2 aromatic carbocycles. The van der Waals surface area contributed by atoms with E-state index in [2.05, 4.69) is 29.1 Å². The Kier molecular flexibility index (Phi) is 11.7. The minimum atomic E-state index is -1.31. The van der Waals surface area contributed by atoms with Crippen molar-refractivity contribution in [3.8, 4) is 0 Å². The third kappa shape index (κ3) is 6.67. The Balaban J connectivity index is 1.53. The van der Waals surface area contributed by atoms with Gasteiger partial charge in [-0.05, 0) is 56.7 Å². The first kappa shape index (κ1) is 37.5. The van der Waals surface area contributed by atoms with Gasteiger partial charge in [0.15, 0.2) is 0 Å². The summed E-state index contributed by atoms with van der Waals surface area (Å²) in [5.74, 6) is -3.44. The van der Waals surface area contributed by atoms with Gasteiger partial charge in [0.05, 0.1) is 24.0 Å². The summed E-state index contributed by atoms with van der Waals surface area (Å²) >= 11 is 3.74. The topological polar surface area (TPSA) is 117 Å². The fraction of sp³-hybridized carbons (Fsp3) is 0.487. The third-order valence-electron chi connectivity index (χ3n) is 10.5. The number of para-hydroxylation sites is 1. The maximum absolute atomic E-state index is 14.9. The van der Waals surface area contributed by atoms with Gasteiger partial charge in [0.25, 0.3) is 5.91 Å². The number of likely N-dealkylation sites (N-methyl/N-ethyl adjacent to an activating group) is 1. The number of aliphatic hydroxyl groups excluding tert-OH is 1. The van der Waals surface area contributed by atoms with E-state index in [4.69, 9.17) is 9.47 Å². The minimum Gasteiger partial charge on any atom is -0.455 e. The van der Waals surface area contributed by atoms with E-state index in [0.29, 0.717) is 18.4 Å². The second kappa shape index (κ2) is 15.6. The fourth-order valence-electron chi connectivity index (χ4n) is 8.08. The molecular formula is C39H48BrN3O7. The number of allylic oxidation sites excluding steroid dienone is 1. The molecule has 50 heavy (non-hydrogen) atoms. The molecule has 1 unspecified atom stereocenters. The number of aryl methyl sites for hydroxylation is 2. The van der Waals surface area contributed by atoms with E-state index in [0.717, 1.165) is 16.8 Å². The van der Waals surface area contributed by atoms with Crippen molar-refractivity contribution in [2.75, 3.05) is 31.6 Å². The first-order valence-corrected chi connectivity index (χ1v) is 18.2. The summed E-state index contributed by atoms with van der Waals surface area (Å²) < 4.78 is 13.1. The molecule has 0 aromatic heterocycles. The Morgan fingerprint density at radius 2 is 1.80 bits per heavy atom. The predicted molar refractivity (Wildman–Crippen MR) is 195 cm³/mol. The number of rotatable bonds is 15. The third-order valence-corrected chi connectivity index (χ3v) is 11.4. The average molecular weight is 751 g/mol. The van der Waals surface area contributed by atoms with Gasteiger partial charge in [0, 0.05) is 43.7 Å². The second-order valence-corrected chi connectivity index (χ2v) is 14.8. The van der Waals surface area contributed by atoms with Gasteiger partial charge in [-0.25, -0.2) is 0 Å². The van der Waals surface area contributed by atoms with Crippen LogP contribution in [-0.2, 0) is 28.7 Å². The number of esters is 1. The number of aliphatic hydroxyl groups is 1. The molecular weight excluding hydrogens is 702 g/mol. The number of hydrogen-bond acceptors (Lipinski definition) is 7. The molecule has 2 bridgehead atoms. The Morgan fingerprint density at radius 3 is 2.42 bits per heavy atom. The Hall–Kier alpha value is -3.80. The number of halogens is 1. The zero-order chi connectivity index (χ0) is 36.3. The van der Waals surface area contributed by atoms with E-state index in [9.17, 15) is 24.3 Å². The highest BCUT2D eigenvalue weighted by Crippen LogP contribution is 2.60. The van der Waals surface area contributed by atoms with Gasteiger partial charge in [-0.2, -0.15) is 0 Å². The number of fused-ring (bicyclic) bond motifs is 1. The predicted octanol–water partition coefficient (Wildman–Crippen LogP) is 5.05. The van der Waals surface area contributed by atoms with E-state index < -0.39 is 47.7 Å². The Labute approximate surface area is 303 Å². The number of carbonyl (C=O) groups excluding carboxylic acids is 4. The zero-order valence-corrected chi connectivity index (χ0v) is 30.9. The van der Waals surface area contributed by atoms with Gasteiger partial charge in [0.2, 0.25) is 11.8 Å². The molecule has 3 heterocycles. The molecule has 11 heteroatoms. The summed E-state index contributed by atoms with van der Waals surface area (Å²) in [4.78, 5) is 61.4. The molecule has 1 spiro atoms. The van der Waals surface area contributed by atoms with Crippen LogP contribution in [-0.4, -0.2) is 94.0 Å². The molecule has 3 saturated heterocycles. The van der Waals surface area contributed by atoms with Crippen molar-refractivity contribution in [3.05, 3.63) is 90.5 Å². The van der Waals surface area contributed by atoms with Crippen molar-refractivity contribution in [1.29, 1.82) is 0 Å². The number of nitrogens with zero attached hydrogens (tertiary/aromatic N) is 3. The first-order valence-electron chi connectivity index (χ1n) is 17.3. The normalized spacial score (nSPS) is 26.2. The van der Waals surface area contributed by atoms with Gasteiger partial charge in [-0.3, -0.25) is 19.2 Å². The summed E-state index contributed by atoms with van der Waals surface area (Å²) in [5, 5.41) is 9.80. The van der Waals surface area contributed by atoms with E-state index in [1.807, 2.05) is 69.3 Å². The van der Waals surface area contributed by atoms with Crippen LogP contribution in [0.3, 0.4) is 0 Å². The van der Waals surface area contributed by atoms with Gasteiger partial charge < -0.3 is 29.3 Å². The summed E-state index contributed by atoms with van der Waals surface area (Å²) in [5.41, 5.74) is 1.91. The van der Waals surface area contributed by atoms with Crippen LogP contribution in [0.25, 0.3) is 0 Å². The number of alkyl halides is 1. The number of benzene rings is 2. The van der Waals surface area contributed by atoms with Crippen molar-refractivity contribution >= 4 is 45.3 Å². The molecule has 10 nitrogen and oxygen atoms in total. The van der Waals surface area contributed by atoms with Gasteiger partial charge in [-0.15, -0.1) is 13.2 Å². The molecule has 0 radical (unpaired) electrons. The fourth-order valence-corrected chi connectivity index (χ4v) is 9.03. The number of carbonyl (C=O) groups is 4. The van der Waals surface area contributed by atoms with Crippen LogP contribution in [0, 0.1) is 25.7 Å². The summed E-state index contributed by atoms with van der Waals surface area (Å²) in [6.07, 6.45) is 3.15. The lowest BCUT2D eigenvalue weighted by Gasteiger charge is -2.38. The molecule has 3 aliphatic rings. The lowest BCUT2D eigenvalue weighted by atomic mass is 9.70. The van der Waals surface area contributed by atoms with Gasteiger partial charge in [0.1, 0.15) is 17.7 Å². The van der Waals surface area contributed by atoms with E-state index in [-0.39, 0.29) is 55.1 Å². The van der Waals surface area contributed by atoms with Crippen LogP contribution in [0.1, 0.15) is 55.4 Å². The molecule has 3 aliphatic heterocycles. The zero-order valence-electron chi connectivity index (χ0n) is 29.3. The Morgan fingerprint density at radius 1 is 1.12 bits per heavy atom. The lowest BCUT2D eigenvalue weighted by molar-refractivity contribution is -0.164. The first-order chi connectivity index (χ1) is 23.9. The largest absolute Gasteiger partial charge is 0.455 e. The van der Waals surface area contributed by atoms with Crippen LogP contribution in [0.15, 0.2) is 73.8 Å². The van der Waals surface area contributed by atoms with Gasteiger partial charge >= 0.3 is 5.97 Å². The quantitative estimate of drug-likeness (QED) is 0.154. The van der Waals surface area contributed by atoms with Crippen molar-refractivity contribution in [2.24, 2.45) is 11.8 Å². The van der Waals surface area contributed by atoms with Crippen molar-refractivity contribution < 1.29 is 33.8 Å². The highest BCUT2D eigenvalue weighted by molar-refractivity contribution is 9.09. The van der Waals surface area contributed by atoms with Crippen LogP contribution in [0.4, 0.5) is 5.69 Å². The molecule has 0 saturated carbocycles. The SMILES string of the molecule is C=CCCC(=O)N(C)[C@H](C)[C@H](OC(=O)[C@H]1[C@@H]2O[C@@]3(CC2Br)[C@@H]1C(=O)N(CCCO)[C@@H]3C(=O)N(CC=C)c1c(C)cccc1C)c1ccccc1. The molecule has 5 rings (SSSR count). The molecule has 0 aliphatic carbocycles. The smallest absolute Gasteiger partial charge is 0.313 e. The maximum Gasteiger partial charge on any atom is 0.313 e. The summed E-state index contributed by atoms with van der Waals surface area (Å²) in [6.45, 7) is 13.4. The van der Waals surface area contributed by atoms with E-state index in [1.54, 1.807) is 29.0 Å². The number of likely N-dealkylation sites (tertiary alicyclic amines) is 1. The van der Waals surface area contributed by atoms with Crippen LogP contribution >= 0.6 is 15.9 Å². The van der Waals surface area contributed by atoms with Crippen LogP contribution in [0.5, 0.6) is 0 Å². The van der Waals surface area contributed by atoms with E-state index in [1.165, 1.54) is 4.90 Å². The van der Waals surface area contributed by atoms with Crippen molar-refractivity contribution in [2.45, 2.75) is 81.2 Å². The summed E-state index contributed by atoms with van der Waals surface area (Å²) in [7, 11) is 1.69. The highest BCUT2D eigenvalue weighted by atomic mass is 79.9. The van der Waals surface area contributed by atoms with E-state index >= 15 is 0 Å². The molecule has 8 atom stereocenters. The monoisotopic (exact) mass is 749 g/mol. The van der Waals surface area contributed by atoms with Crippen LogP contribution in [0.2, 0.25) is 0 Å². The van der Waals surface area contributed by atoms with Crippen LogP contribution < -0.4 is 4.90 Å². The highest BCUT2D eigenvalue weighted by Gasteiger charge is 2.77. The van der Waals surface area contributed by atoms with Crippen molar-refractivity contribution in [1.82, 2.24) is 9.80 Å². The number of hydrogen-bond donors (Lipinski definition) is 1. The molecule has 3 fully saturated rings.